The molecule has 6 nitrogen and oxygen atoms in total. The first-order valence-electron chi connectivity index (χ1n) is 7.69. The Bertz CT molecular complexity index is 557. The molecule has 9 heteroatoms. The molecule has 0 atom stereocenters. The van der Waals surface area contributed by atoms with Gasteiger partial charge in [0.2, 0.25) is 5.91 Å². The molecule has 0 spiro atoms. The van der Waals surface area contributed by atoms with Crippen LogP contribution >= 0.6 is 24.0 Å². The third-order valence-electron chi connectivity index (χ3n) is 3.10. The molecule has 1 aromatic rings. The molecule has 0 saturated heterocycles. The molecule has 0 fully saturated rings. The first kappa shape index (κ1) is 23.4. The van der Waals surface area contributed by atoms with Crippen molar-refractivity contribution in [2.75, 3.05) is 20.1 Å². The van der Waals surface area contributed by atoms with Crippen molar-refractivity contribution in [3.8, 4) is 5.75 Å². The van der Waals surface area contributed by atoms with Crippen molar-refractivity contribution in [3.05, 3.63) is 29.8 Å². The molecule has 1 rings (SSSR count). The quantitative estimate of drug-likeness (QED) is 0.236. The highest BCUT2D eigenvalue weighted by atomic mass is 127. The molecule has 0 saturated carbocycles. The molecule has 0 aliphatic heterocycles. The standard InChI is InChI=1S/C16H24F2N4O2.HI/c1-11(2)14(23)20-8-9-21-16(19-3)22-10-12-6-4-5-7-13(12)24-15(17)18;/h4-7,11,15H,8-10H2,1-3H3,(H,20,23)(H2,19,21,22);1H. The van der Waals surface area contributed by atoms with Gasteiger partial charge in [0.1, 0.15) is 5.75 Å². The van der Waals surface area contributed by atoms with Gasteiger partial charge in [0.05, 0.1) is 0 Å². The van der Waals surface area contributed by atoms with Crippen molar-refractivity contribution in [1.29, 1.82) is 0 Å². The third kappa shape index (κ3) is 9.42. The van der Waals surface area contributed by atoms with Gasteiger partial charge in [0.25, 0.3) is 0 Å². The normalized spacial score (nSPS) is 11.1. The maximum Gasteiger partial charge on any atom is 0.387 e. The van der Waals surface area contributed by atoms with Gasteiger partial charge in [0, 0.05) is 38.2 Å². The molecule has 1 amide bonds. The van der Waals surface area contributed by atoms with Crippen LogP contribution in [0.15, 0.2) is 29.3 Å². The Balaban J connectivity index is 0.00000576. The average Bonchev–Trinajstić information content (AvgIpc) is 2.54. The Kier molecular flexibility index (Phi) is 11.8. The van der Waals surface area contributed by atoms with Crippen LogP contribution in [-0.4, -0.2) is 38.6 Å². The Hall–Kier alpha value is -1.65. The van der Waals surface area contributed by atoms with Crippen LogP contribution in [0.2, 0.25) is 0 Å². The molecule has 0 radical (unpaired) electrons. The van der Waals surface area contributed by atoms with E-state index >= 15 is 0 Å². The van der Waals surface area contributed by atoms with Gasteiger partial charge in [-0.3, -0.25) is 9.79 Å². The number of hydrogen-bond donors (Lipinski definition) is 3. The molecular weight excluding hydrogens is 445 g/mol. The summed E-state index contributed by atoms with van der Waals surface area (Å²) < 4.78 is 29.2. The molecule has 142 valence electrons. The lowest BCUT2D eigenvalue weighted by Gasteiger charge is -2.15. The van der Waals surface area contributed by atoms with Crippen LogP contribution in [0.1, 0.15) is 19.4 Å². The second-order valence-electron chi connectivity index (χ2n) is 5.28. The van der Waals surface area contributed by atoms with E-state index in [1.165, 1.54) is 6.07 Å². The maximum absolute atomic E-state index is 12.4. The zero-order chi connectivity index (χ0) is 17.9. The van der Waals surface area contributed by atoms with Gasteiger partial charge >= 0.3 is 6.61 Å². The summed E-state index contributed by atoms with van der Waals surface area (Å²) in [6.45, 7) is 2.01. The van der Waals surface area contributed by atoms with E-state index in [-0.39, 0.29) is 48.1 Å². The van der Waals surface area contributed by atoms with Crippen LogP contribution in [0.5, 0.6) is 5.75 Å². The topological polar surface area (TPSA) is 74.8 Å². The molecule has 0 aliphatic rings. The SMILES string of the molecule is CN=C(NCCNC(=O)C(C)C)NCc1ccccc1OC(F)F.I. The minimum absolute atomic E-state index is 0. The monoisotopic (exact) mass is 470 g/mol. The number of nitrogens with zero attached hydrogens (tertiary/aromatic N) is 1. The zero-order valence-electron chi connectivity index (χ0n) is 14.5. The van der Waals surface area contributed by atoms with E-state index < -0.39 is 6.61 Å². The van der Waals surface area contributed by atoms with Gasteiger partial charge in [-0.2, -0.15) is 8.78 Å². The van der Waals surface area contributed by atoms with E-state index in [4.69, 9.17) is 0 Å². The number of amides is 1. The smallest absolute Gasteiger partial charge is 0.387 e. The average molecular weight is 470 g/mol. The third-order valence-corrected chi connectivity index (χ3v) is 3.10. The lowest BCUT2D eigenvalue weighted by atomic mass is 10.2. The number of ether oxygens (including phenoxy) is 1. The molecule has 0 aromatic heterocycles. The van der Waals surface area contributed by atoms with E-state index in [0.29, 0.717) is 24.6 Å². The fourth-order valence-electron chi connectivity index (χ4n) is 1.83. The van der Waals surface area contributed by atoms with E-state index in [0.717, 1.165) is 0 Å². The van der Waals surface area contributed by atoms with Crippen molar-refractivity contribution >= 4 is 35.8 Å². The number of para-hydroxylation sites is 1. The lowest BCUT2D eigenvalue weighted by molar-refractivity contribution is -0.123. The minimum Gasteiger partial charge on any atom is -0.434 e. The number of rotatable bonds is 8. The van der Waals surface area contributed by atoms with Crippen molar-refractivity contribution in [3.63, 3.8) is 0 Å². The van der Waals surface area contributed by atoms with Crippen LogP contribution in [0.25, 0.3) is 0 Å². The summed E-state index contributed by atoms with van der Waals surface area (Å²) in [7, 11) is 1.60. The maximum atomic E-state index is 12.4. The Morgan fingerprint density at radius 2 is 1.80 bits per heavy atom. The number of benzene rings is 1. The highest BCUT2D eigenvalue weighted by Crippen LogP contribution is 2.19. The highest BCUT2D eigenvalue weighted by molar-refractivity contribution is 14.0. The first-order chi connectivity index (χ1) is 11.4. The highest BCUT2D eigenvalue weighted by Gasteiger charge is 2.09. The molecule has 0 aliphatic carbocycles. The van der Waals surface area contributed by atoms with Crippen LogP contribution < -0.4 is 20.7 Å². The van der Waals surface area contributed by atoms with E-state index in [2.05, 4.69) is 25.7 Å². The van der Waals surface area contributed by atoms with Crippen LogP contribution in [0, 0.1) is 5.92 Å². The molecule has 1 aromatic carbocycles. The summed E-state index contributed by atoms with van der Waals surface area (Å²) >= 11 is 0. The van der Waals surface area contributed by atoms with Gasteiger partial charge in [-0.15, -0.1) is 24.0 Å². The van der Waals surface area contributed by atoms with Gasteiger partial charge in [0.15, 0.2) is 5.96 Å². The fourth-order valence-corrected chi connectivity index (χ4v) is 1.83. The number of carbonyl (C=O) groups excluding carboxylic acids is 1. The van der Waals surface area contributed by atoms with Gasteiger partial charge in [-0.25, -0.2) is 0 Å². The summed E-state index contributed by atoms with van der Waals surface area (Å²) in [5.74, 6) is 0.548. The number of alkyl halides is 2. The van der Waals surface area contributed by atoms with Gasteiger partial charge in [-0.1, -0.05) is 32.0 Å². The number of halogens is 3. The number of nitrogens with one attached hydrogen (secondary N) is 3. The van der Waals surface area contributed by atoms with Gasteiger partial charge in [-0.05, 0) is 6.07 Å². The molecule has 0 heterocycles. The van der Waals surface area contributed by atoms with E-state index in [1.807, 2.05) is 13.8 Å². The van der Waals surface area contributed by atoms with Crippen LogP contribution in [0.4, 0.5) is 8.78 Å². The second-order valence-corrected chi connectivity index (χ2v) is 5.28. The summed E-state index contributed by atoms with van der Waals surface area (Å²) in [6, 6.07) is 6.56. The first-order valence-corrected chi connectivity index (χ1v) is 7.69. The lowest BCUT2D eigenvalue weighted by Crippen LogP contribution is -2.41. The predicted octanol–water partition coefficient (Wildman–Crippen LogP) is 2.34. The molecule has 0 unspecified atom stereocenters. The largest absolute Gasteiger partial charge is 0.434 e. The summed E-state index contributed by atoms with van der Waals surface area (Å²) in [5, 5.41) is 8.82. The van der Waals surface area contributed by atoms with Crippen molar-refractivity contribution in [2.24, 2.45) is 10.9 Å². The number of carbonyl (C=O) groups is 1. The fraction of sp³-hybridized carbons (Fsp3) is 0.500. The van der Waals surface area contributed by atoms with Crippen molar-refractivity contribution in [2.45, 2.75) is 27.0 Å². The van der Waals surface area contributed by atoms with Gasteiger partial charge < -0.3 is 20.7 Å². The molecule has 0 bridgehead atoms. The van der Waals surface area contributed by atoms with Crippen molar-refractivity contribution in [1.82, 2.24) is 16.0 Å². The van der Waals surface area contributed by atoms with Crippen molar-refractivity contribution < 1.29 is 18.3 Å². The van der Waals surface area contributed by atoms with E-state index in [9.17, 15) is 13.6 Å². The summed E-state index contributed by atoms with van der Waals surface area (Å²) in [4.78, 5) is 15.5. The predicted molar refractivity (Wildman–Crippen MR) is 105 cm³/mol. The molecule has 25 heavy (non-hydrogen) atoms. The Morgan fingerprint density at radius 1 is 1.16 bits per heavy atom. The minimum atomic E-state index is -2.87. The Morgan fingerprint density at radius 3 is 2.40 bits per heavy atom. The van der Waals surface area contributed by atoms with Crippen LogP contribution in [0.3, 0.4) is 0 Å². The van der Waals surface area contributed by atoms with Crippen LogP contribution in [-0.2, 0) is 11.3 Å². The number of aliphatic imine (C=N–C) groups is 1. The number of guanidine groups is 1. The second kappa shape index (κ2) is 12.7. The summed E-state index contributed by atoms with van der Waals surface area (Å²) in [5.41, 5.74) is 0.592. The number of hydrogen-bond acceptors (Lipinski definition) is 3. The summed E-state index contributed by atoms with van der Waals surface area (Å²) in [6.07, 6.45) is 0. The molecular formula is C16H25F2IN4O2. The molecule has 3 N–H and O–H groups in total. The Labute approximate surface area is 163 Å². The van der Waals surface area contributed by atoms with E-state index in [1.54, 1.807) is 25.2 Å². The zero-order valence-corrected chi connectivity index (χ0v) is 16.8.